The fraction of sp³-hybridized carbons (Fsp3) is 0.722. The number of rotatable bonds is 5. The van der Waals surface area contributed by atoms with E-state index in [1.165, 1.54) is 24.0 Å². The molecule has 2 aliphatic rings. The Morgan fingerprint density at radius 1 is 1.26 bits per heavy atom. The molecule has 1 aliphatic heterocycles. The van der Waals surface area contributed by atoms with Crippen molar-refractivity contribution >= 4 is 5.91 Å². The molecule has 5 nitrogen and oxygen atoms in total. The second kappa shape index (κ2) is 7.86. The lowest BCUT2D eigenvalue weighted by atomic mass is 9.72. The van der Waals surface area contributed by atoms with Gasteiger partial charge >= 0.3 is 0 Å². The molecular weight excluding hydrogens is 290 g/mol. The summed E-state index contributed by atoms with van der Waals surface area (Å²) < 4.78 is 0. The van der Waals surface area contributed by atoms with Gasteiger partial charge in [-0.05, 0) is 37.2 Å². The number of carbonyl (C=O) groups is 1. The molecule has 0 unspecified atom stereocenters. The molecule has 128 valence electrons. The highest BCUT2D eigenvalue weighted by Gasteiger charge is 2.27. The Morgan fingerprint density at radius 2 is 1.96 bits per heavy atom. The number of piperazine rings is 1. The zero-order valence-corrected chi connectivity index (χ0v) is 14.7. The summed E-state index contributed by atoms with van der Waals surface area (Å²) in [6.45, 7) is 10.8. The van der Waals surface area contributed by atoms with Crippen LogP contribution in [0.25, 0.3) is 0 Å². The first-order valence-electron chi connectivity index (χ1n) is 8.63. The Balaban J connectivity index is 1.91. The summed E-state index contributed by atoms with van der Waals surface area (Å²) in [5.41, 5.74) is 2.91. The first-order valence-corrected chi connectivity index (χ1v) is 8.63. The maximum atomic E-state index is 12.4. The van der Waals surface area contributed by atoms with Crippen LogP contribution in [0.5, 0.6) is 0 Å². The van der Waals surface area contributed by atoms with Gasteiger partial charge in [0.25, 0.3) is 0 Å². The van der Waals surface area contributed by atoms with E-state index in [4.69, 9.17) is 0 Å². The molecule has 5 heteroatoms. The third-order valence-corrected chi connectivity index (χ3v) is 5.13. The zero-order chi connectivity index (χ0) is 16.9. The van der Waals surface area contributed by atoms with Crippen molar-refractivity contribution in [3.63, 3.8) is 0 Å². The molecule has 1 heterocycles. The van der Waals surface area contributed by atoms with Crippen LogP contribution >= 0.6 is 0 Å². The van der Waals surface area contributed by atoms with E-state index in [9.17, 15) is 9.70 Å². The second-order valence-corrected chi connectivity index (χ2v) is 7.28. The summed E-state index contributed by atoms with van der Waals surface area (Å²) in [4.78, 5) is 26.7. The van der Waals surface area contributed by atoms with Gasteiger partial charge < -0.3 is 4.90 Å². The third kappa shape index (κ3) is 4.74. The van der Waals surface area contributed by atoms with Crippen LogP contribution in [0, 0.1) is 10.3 Å². The summed E-state index contributed by atoms with van der Waals surface area (Å²) >= 11 is 0. The first-order chi connectivity index (χ1) is 10.9. The van der Waals surface area contributed by atoms with Crippen LogP contribution in [0.15, 0.2) is 28.5 Å². The summed E-state index contributed by atoms with van der Waals surface area (Å²) in [7, 11) is 0. The number of allylic oxidation sites excluding steroid dienone is 3. The lowest BCUT2D eigenvalue weighted by molar-refractivity contribution is -0.127. The van der Waals surface area contributed by atoms with Crippen LogP contribution in [0.3, 0.4) is 0 Å². The molecule has 0 aromatic carbocycles. The van der Waals surface area contributed by atoms with E-state index in [1.54, 1.807) is 6.08 Å². The van der Waals surface area contributed by atoms with Crippen LogP contribution in [-0.4, -0.2) is 55.0 Å². The van der Waals surface area contributed by atoms with Crippen molar-refractivity contribution in [2.75, 3.05) is 39.3 Å². The molecule has 0 atom stereocenters. The molecule has 0 spiro atoms. The highest BCUT2D eigenvalue weighted by Crippen LogP contribution is 2.40. The molecule has 0 radical (unpaired) electrons. The molecule has 1 fully saturated rings. The molecule has 23 heavy (non-hydrogen) atoms. The van der Waals surface area contributed by atoms with Gasteiger partial charge in [0.2, 0.25) is 5.91 Å². The third-order valence-electron chi connectivity index (χ3n) is 5.13. The number of nitroso groups, excluding NO2 is 1. The van der Waals surface area contributed by atoms with Gasteiger partial charge in [-0.1, -0.05) is 30.7 Å². The molecule has 1 saturated heterocycles. The van der Waals surface area contributed by atoms with E-state index in [1.807, 2.05) is 11.0 Å². The fourth-order valence-corrected chi connectivity index (χ4v) is 3.64. The summed E-state index contributed by atoms with van der Waals surface area (Å²) in [6, 6.07) is 0. The summed E-state index contributed by atoms with van der Waals surface area (Å²) in [5.74, 6) is 0.0971. The minimum Gasteiger partial charge on any atom is -0.337 e. The molecule has 0 aromatic rings. The van der Waals surface area contributed by atoms with Crippen molar-refractivity contribution in [2.45, 2.75) is 40.0 Å². The van der Waals surface area contributed by atoms with Crippen molar-refractivity contribution in [3.05, 3.63) is 28.2 Å². The van der Waals surface area contributed by atoms with Crippen LogP contribution in [-0.2, 0) is 4.79 Å². The minimum atomic E-state index is 0.0971. The van der Waals surface area contributed by atoms with Crippen LogP contribution in [0.2, 0.25) is 0 Å². The standard InChI is InChI=1S/C18H29N3O2/c1-15-5-4-8-18(2,3)16(15)6-7-17(22)21-13-11-20(12-14-21)10-9-19-23/h6-7H,4-5,8-14H2,1-3H3/b7-6+. The van der Waals surface area contributed by atoms with Gasteiger partial charge in [-0.3, -0.25) is 9.69 Å². The lowest BCUT2D eigenvalue weighted by Crippen LogP contribution is -2.48. The predicted molar refractivity (Wildman–Crippen MR) is 93.2 cm³/mol. The summed E-state index contributed by atoms with van der Waals surface area (Å²) in [5, 5.41) is 2.90. The van der Waals surface area contributed by atoms with E-state index < -0.39 is 0 Å². The predicted octanol–water partition coefficient (Wildman–Crippen LogP) is 2.98. The normalized spacial score (nSPS) is 22.7. The average Bonchev–Trinajstić information content (AvgIpc) is 2.52. The van der Waals surface area contributed by atoms with Gasteiger partial charge in [0.05, 0.1) is 6.54 Å². The largest absolute Gasteiger partial charge is 0.337 e. The topological polar surface area (TPSA) is 53.0 Å². The van der Waals surface area contributed by atoms with Gasteiger partial charge in [0.1, 0.15) is 0 Å². The summed E-state index contributed by atoms with van der Waals surface area (Å²) in [6.07, 6.45) is 7.35. The van der Waals surface area contributed by atoms with E-state index >= 15 is 0 Å². The quantitative estimate of drug-likeness (QED) is 0.578. The Labute approximate surface area is 139 Å². The lowest BCUT2D eigenvalue weighted by Gasteiger charge is -2.34. The van der Waals surface area contributed by atoms with Crippen LogP contribution in [0.4, 0.5) is 0 Å². The number of hydrogen-bond donors (Lipinski definition) is 0. The van der Waals surface area contributed by atoms with Gasteiger partial charge in [-0.25, -0.2) is 0 Å². The zero-order valence-electron chi connectivity index (χ0n) is 14.7. The van der Waals surface area contributed by atoms with Crippen molar-refractivity contribution in [3.8, 4) is 0 Å². The highest BCUT2D eigenvalue weighted by atomic mass is 16.3. The maximum Gasteiger partial charge on any atom is 0.246 e. The van der Waals surface area contributed by atoms with Gasteiger partial charge in [-0.15, -0.1) is 0 Å². The Bertz CT molecular complexity index is 500. The van der Waals surface area contributed by atoms with E-state index in [0.29, 0.717) is 13.1 Å². The Hall–Kier alpha value is -1.49. The monoisotopic (exact) mass is 319 g/mol. The molecule has 1 amide bonds. The smallest absolute Gasteiger partial charge is 0.246 e. The molecule has 0 saturated carbocycles. The molecule has 0 aromatic heterocycles. The minimum absolute atomic E-state index is 0.0971. The van der Waals surface area contributed by atoms with Crippen LogP contribution < -0.4 is 0 Å². The average molecular weight is 319 g/mol. The Kier molecular flexibility index (Phi) is 6.10. The van der Waals surface area contributed by atoms with E-state index in [2.05, 4.69) is 30.8 Å². The van der Waals surface area contributed by atoms with Crippen molar-refractivity contribution < 1.29 is 4.79 Å². The number of hydrogen-bond acceptors (Lipinski definition) is 4. The SMILES string of the molecule is CC1=C(/C=C/C(=O)N2CCN(CCN=O)CC2)C(C)(C)CCC1. The molecule has 0 N–H and O–H groups in total. The second-order valence-electron chi connectivity index (χ2n) is 7.28. The van der Waals surface area contributed by atoms with E-state index in [0.717, 1.165) is 32.6 Å². The van der Waals surface area contributed by atoms with Crippen molar-refractivity contribution in [1.29, 1.82) is 0 Å². The number of amides is 1. The maximum absolute atomic E-state index is 12.4. The van der Waals surface area contributed by atoms with E-state index in [-0.39, 0.29) is 11.3 Å². The number of carbonyl (C=O) groups excluding carboxylic acids is 1. The van der Waals surface area contributed by atoms with Crippen LogP contribution in [0.1, 0.15) is 40.0 Å². The molecular formula is C18H29N3O2. The highest BCUT2D eigenvalue weighted by molar-refractivity contribution is 5.88. The number of nitrogens with zero attached hydrogens (tertiary/aromatic N) is 3. The van der Waals surface area contributed by atoms with Gasteiger partial charge in [0, 0.05) is 38.8 Å². The molecule has 2 rings (SSSR count). The van der Waals surface area contributed by atoms with Crippen molar-refractivity contribution in [2.24, 2.45) is 10.6 Å². The Morgan fingerprint density at radius 3 is 2.57 bits per heavy atom. The fourth-order valence-electron chi connectivity index (χ4n) is 3.64. The first kappa shape index (κ1) is 17.9. The van der Waals surface area contributed by atoms with Gasteiger partial charge in [-0.2, -0.15) is 4.91 Å². The molecule has 1 aliphatic carbocycles. The molecule has 0 bridgehead atoms. The van der Waals surface area contributed by atoms with Crippen molar-refractivity contribution in [1.82, 2.24) is 9.80 Å². The van der Waals surface area contributed by atoms with Gasteiger partial charge in [0.15, 0.2) is 0 Å².